The molecule has 0 saturated carbocycles. The Kier molecular flexibility index (Phi) is 7.20. The van der Waals surface area contributed by atoms with E-state index in [1.54, 1.807) is 0 Å². The van der Waals surface area contributed by atoms with Gasteiger partial charge >= 0.3 is 0 Å². The second-order valence-corrected chi connectivity index (χ2v) is 6.35. The van der Waals surface area contributed by atoms with E-state index in [9.17, 15) is 0 Å². The van der Waals surface area contributed by atoms with Gasteiger partial charge in [-0.3, -0.25) is 4.90 Å². The number of hydrogen-bond donors (Lipinski definition) is 2. The Bertz CT molecular complexity index is 371. The van der Waals surface area contributed by atoms with Crippen LogP contribution in [0.1, 0.15) is 44.1 Å². The molecule has 3 heteroatoms. The molecule has 0 aliphatic carbocycles. The van der Waals surface area contributed by atoms with Gasteiger partial charge in [0.2, 0.25) is 0 Å². The van der Waals surface area contributed by atoms with Crippen LogP contribution < -0.4 is 11.5 Å². The molecule has 0 radical (unpaired) electrons. The van der Waals surface area contributed by atoms with Gasteiger partial charge in [0.25, 0.3) is 0 Å². The molecule has 1 atom stereocenters. The highest BCUT2D eigenvalue weighted by molar-refractivity contribution is 5.16. The maximum Gasteiger partial charge on any atom is 0.0136 e. The van der Waals surface area contributed by atoms with Gasteiger partial charge in [-0.1, -0.05) is 43.2 Å². The van der Waals surface area contributed by atoms with Crippen LogP contribution >= 0.6 is 0 Å². The largest absolute Gasteiger partial charge is 0.330 e. The Morgan fingerprint density at radius 2 is 1.76 bits per heavy atom. The zero-order chi connectivity index (χ0) is 14.9. The van der Waals surface area contributed by atoms with Gasteiger partial charge in [0.05, 0.1) is 0 Å². The van der Waals surface area contributed by atoms with E-state index < -0.39 is 0 Å². The average Bonchev–Trinajstić information content (AvgIpc) is 2.52. The van der Waals surface area contributed by atoms with Gasteiger partial charge in [-0.15, -0.1) is 0 Å². The summed E-state index contributed by atoms with van der Waals surface area (Å²) in [4.78, 5) is 2.67. The molecule has 1 saturated heterocycles. The van der Waals surface area contributed by atoms with Gasteiger partial charge in [0.1, 0.15) is 0 Å². The quantitative estimate of drug-likeness (QED) is 0.723. The fraction of sp³-hybridized carbons (Fsp3) is 0.667. The predicted octanol–water partition coefficient (Wildman–Crippen LogP) is 2.54. The zero-order valence-electron chi connectivity index (χ0n) is 13.2. The molecular weight excluding hydrogens is 258 g/mol. The molecule has 0 bridgehead atoms. The van der Waals surface area contributed by atoms with Crippen LogP contribution in [-0.2, 0) is 6.42 Å². The van der Waals surface area contributed by atoms with Crippen LogP contribution in [0, 0.1) is 0 Å². The van der Waals surface area contributed by atoms with E-state index in [4.69, 9.17) is 11.5 Å². The summed E-state index contributed by atoms with van der Waals surface area (Å²) >= 11 is 0. The summed E-state index contributed by atoms with van der Waals surface area (Å²) in [5, 5.41) is 0. The first-order valence-electron chi connectivity index (χ1n) is 8.53. The molecule has 1 aliphatic heterocycles. The lowest BCUT2D eigenvalue weighted by Gasteiger charge is -2.37. The van der Waals surface area contributed by atoms with Crippen molar-refractivity contribution >= 4 is 0 Å². The summed E-state index contributed by atoms with van der Waals surface area (Å²) in [7, 11) is 0. The Labute approximate surface area is 129 Å². The topological polar surface area (TPSA) is 55.3 Å². The van der Waals surface area contributed by atoms with Gasteiger partial charge < -0.3 is 11.5 Å². The number of piperidine rings is 1. The monoisotopic (exact) mass is 289 g/mol. The highest BCUT2D eigenvalue weighted by atomic mass is 15.2. The summed E-state index contributed by atoms with van der Waals surface area (Å²) < 4.78 is 0. The third-order valence-corrected chi connectivity index (χ3v) is 4.65. The van der Waals surface area contributed by atoms with E-state index in [-0.39, 0.29) is 0 Å². The van der Waals surface area contributed by atoms with E-state index in [2.05, 4.69) is 35.2 Å². The van der Waals surface area contributed by atoms with Crippen molar-refractivity contribution < 1.29 is 0 Å². The zero-order valence-corrected chi connectivity index (χ0v) is 13.2. The highest BCUT2D eigenvalue weighted by Gasteiger charge is 2.23. The number of benzene rings is 1. The highest BCUT2D eigenvalue weighted by Crippen LogP contribution is 2.20. The van der Waals surface area contributed by atoms with Crippen LogP contribution in [-0.4, -0.2) is 36.6 Å². The van der Waals surface area contributed by atoms with Crippen molar-refractivity contribution in [1.29, 1.82) is 0 Å². The van der Waals surface area contributed by atoms with Gasteiger partial charge in [-0.25, -0.2) is 0 Å². The molecule has 1 unspecified atom stereocenters. The van der Waals surface area contributed by atoms with Gasteiger partial charge in [0.15, 0.2) is 0 Å². The first-order valence-corrected chi connectivity index (χ1v) is 8.53. The Hall–Kier alpha value is -0.900. The van der Waals surface area contributed by atoms with E-state index in [1.165, 1.54) is 31.2 Å². The lowest BCUT2D eigenvalue weighted by Crippen LogP contribution is -2.45. The molecule has 0 aromatic heterocycles. The summed E-state index contributed by atoms with van der Waals surface area (Å²) in [5.41, 5.74) is 13.1. The maximum absolute atomic E-state index is 6.05. The molecule has 1 aliphatic rings. The van der Waals surface area contributed by atoms with Crippen LogP contribution in [0.15, 0.2) is 30.3 Å². The third kappa shape index (κ3) is 5.77. The van der Waals surface area contributed by atoms with Crippen molar-refractivity contribution in [2.75, 3.05) is 19.6 Å². The van der Waals surface area contributed by atoms with Gasteiger partial charge in [-0.2, -0.15) is 0 Å². The predicted molar refractivity (Wildman–Crippen MR) is 90.2 cm³/mol. The minimum atomic E-state index is 0.413. The molecular formula is C18H31N3. The van der Waals surface area contributed by atoms with Crippen LogP contribution in [0.5, 0.6) is 0 Å². The first-order chi connectivity index (χ1) is 10.3. The molecule has 1 fully saturated rings. The van der Waals surface area contributed by atoms with Crippen LogP contribution in [0.2, 0.25) is 0 Å². The molecule has 1 heterocycles. The number of nitrogens with two attached hydrogens (primary N) is 2. The Morgan fingerprint density at radius 3 is 2.43 bits per heavy atom. The van der Waals surface area contributed by atoms with E-state index in [1.807, 2.05) is 0 Å². The number of unbranched alkanes of at least 4 members (excludes halogenated alkanes) is 2. The summed E-state index contributed by atoms with van der Waals surface area (Å²) in [5.74, 6) is 0. The minimum absolute atomic E-state index is 0.413. The minimum Gasteiger partial charge on any atom is -0.330 e. The van der Waals surface area contributed by atoms with E-state index >= 15 is 0 Å². The van der Waals surface area contributed by atoms with Crippen LogP contribution in [0.25, 0.3) is 0 Å². The molecule has 3 nitrogen and oxygen atoms in total. The molecule has 1 aromatic carbocycles. The van der Waals surface area contributed by atoms with Crippen molar-refractivity contribution in [2.24, 2.45) is 11.5 Å². The fourth-order valence-electron chi connectivity index (χ4n) is 3.29. The lowest BCUT2D eigenvalue weighted by molar-refractivity contribution is 0.142. The lowest BCUT2D eigenvalue weighted by atomic mass is 9.96. The molecule has 21 heavy (non-hydrogen) atoms. The number of hydrogen-bond acceptors (Lipinski definition) is 3. The van der Waals surface area contributed by atoms with Crippen molar-refractivity contribution in [3.63, 3.8) is 0 Å². The smallest absolute Gasteiger partial charge is 0.0136 e. The third-order valence-electron chi connectivity index (χ3n) is 4.65. The molecule has 2 rings (SSSR count). The summed E-state index contributed by atoms with van der Waals surface area (Å²) in [6, 6.07) is 12.0. The fourth-order valence-corrected chi connectivity index (χ4v) is 3.29. The van der Waals surface area contributed by atoms with Gasteiger partial charge in [-0.05, 0) is 57.3 Å². The molecule has 0 spiro atoms. The second-order valence-electron chi connectivity index (χ2n) is 6.35. The van der Waals surface area contributed by atoms with Crippen LogP contribution in [0.4, 0.5) is 0 Å². The Morgan fingerprint density at radius 1 is 1.05 bits per heavy atom. The maximum atomic E-state index is 6.05. The first kappa shape index (κ1) is 16.5. The average molecular weight is 289 g/mol. The summed E-state index contributed by atoms with van der Waals surface area (Å²) in [6.07, 6.45) is 8.44. The normalized spacial score (nSPS) is 18.8. The molecule has 118 valence electrons. The van der Waals surface area contributed by atoms with E-state index in [0.717, 1.165) is 38.9 Å². The van der Waals surface area contributed by atoms with Crippen molar-refractivity contribution in [1.82, 2.24) is 4.90 Å². The number of likely N-dealkylation sites (tertiary alicyclic amines) is 1. The standard InChI is InChI=1S/C18H31N3/c19-12-6-2-5-9-18(15-16-7-3-1-4-8-16)21-13-10-17(20)11-14-21/h1,3-4,7-8,17-18H,2,5-6,9-15,19-20H2. The number of rotatable bonds is 8. The Balaban J connectivity index is 1.89. The molecule has 0 amide bonds. The molecule has 1 aromatic rings. The van der Waals surface area contributed by atoms with E-state index in [0.29, 0.717) is 12.1 Å². The van der Waals surface area contributed by atoms with Crippen LogP contribution in [0.3, 0.4) is 0 Å². The molecule has 4 N–H and O–H groups in total. The number of nitrogens with zero attached hydrogens (tertiary/aromatic N) is 1. The van der Waals surface area contributed by atoms with Crippen molar-refractivity contribution in [3.05, 3.63) is 35.9 Å². The second kappa shape index (κ2) is 9.19. The van der Waals surface area contributed by atoms with Crippen molar-refractivity contribution in [2.45, 2.75) is 57.0 Å². The van der Waals surface area contributed by atoms with Crippen molar-refractivity contribution in [3.8, 4) is 0 Å². The summed E-state index contributed by atoms with van der Waals surface area (Å²) in [6.45, 7) is 3.15. The SMILES string of the molecule is NCCCCCC(Cc1ccccc1)N1CCC(N)CC1. The van der Waals surface area contributed by atoms with Gasteiger partial charge in [0, 0.05) is 12.1 Å².